The topological polar surface area (TPSA) is 12.0 Å². The summed E-state index contributed by atoms with van der Waals surface area (Å²) in [7, 11) is 0. The molecule has 0 radical (unpaired) electrons. The highest BCUT2D eigenvalue weighted by Gasteiger charge is 2.54. The molecular formula is C7H11BrF3N. The zero-order valence-corrected chi connectivity index (χ0v) is 8.30. The van der Waals surface area contributed by atoms with Crippen molar-refractivity contribution in [1.82, 2.24) is 5.32 Å². The molecule has 1 N–H and O–H groups in total. The lowest BCUT2D eigenvalue weighted by Gasteiger charge is -2.31. The lowest BCUT2D eigenvalue weighted by Crippen LogP contribution is -2.51. The number of hydrogen-bond acceptors (Lipinski definition) is 1. The molecule has 1 aliphatic rings. The Morgan fingerprint density at radius 1 is 1.42 bits per heavy atom. The molecule has 2 unspecified atom stereocenters. The average molecular weight is 246 g/mol. The molecule has 1 rings (SSSR count). The summed E-state index contributed by atoms with van der Waals surface area (Å²) in [5.74, 6) is 0. The number of alkyl halides is 4. The van der Waals surface area contributed by atoms with Crippen molar-refractivity contribution >= 4 is 15.9 Å². The minimum absolute atomic E-state index is 0.466. The lowest BCUT2D eigenvalue weighted by atomic mass is 9.98. The summed E-state index contributed by atoms with van der Waals surface area (Å²) in [5.41, 5.74) is -2.51. The lowest BCUT2D eigenvalue weighted by molar-refractivity contribution is -0.0652. The standard InChI is InChI=1S/C7H11BrF3N/c1-6(9,7(8,10)11)5-3-2-4-12-5/h5,12H,2-4H2,1H3. The Morgan fingerprint density at radius 3 is 2.33 bits per heavy atom. The van der Waals surface area contributed by atoms with Gasteiger partial charge >= 0.3 is 4.83 Å². The first-order valence-corrected chi connectivity index (χ1v) is 4.64. The molecule has 72 valence electrons. The van der Waals surface area contributed by atoms with Crippen LogP contribution in [-0.2, 0) is 0 Å². The number of nitrogens with one attached hydrogen (secondary N) is 1. The van der Waals surface area contributed by atoms with E-state index >= 15 is 0 Å². The first-order valence-electron chi connectivity index (χ1n) is 3.85. The molecule has 0 aromatic carbocycles. The summed E-state index contributed by atoms with van der Waals surface area (Å²) in [6.07, 6.45) is 1.22. The third-order valence-corrected chi connectivity index (χ3v) is 3.04. The maximum atomic E-state index is 13.4. The van der Waals surface area contributed by atoms with Gasteiger partial charge < -0.3 is 5.32 Å². The van der Waals surface area contributed by atoms with Crippen LogP contribution in [0.1, 0.15) is 19.8 Å². The van der Waals surface area contributed by atoms with Crippen molar-refractivity contribution in [3.8, 4) is 0 Å². The average Bonchev–Trinajstić information content (AvgIpc) is 2.34. The minimum atomic E-state index is -3.46. The monoisotopic (exact) mass is 245 g/mol. The molecule has 0 spiro atoms. The van der Waals surface area contributed by atoms with E-state index in [9.17, 15) is 13.2 Å². The van der Waals surface area contributed by atoms with Crippen LogP contribution in [0.3, 0.4) is 0 Å². The Morgan fingerprint density at radius 2 is 2.00 bits per heavy atom. The van der Waals surface area contributed by atoms with E-state index in [1.54, 1.807) is 0 Å². The van der Waals surface area contributed by atoms with E-state index in [1.165, 1.54) is 0 Å². The van der Waals surface area contributed by atoms with E-state index in [-0.39, 0.29) is 0 Å². The van der Waals surface area contributed by atoms with Crippen LogP contribution >= 0.6 is 15.9 Å². The molecule has 0 aliphatic carbocycles. The molecule has 0 bridgehead atoms. The maximum absolute atomic E-state index is 13.4. The summed E-state index contributed by atoms with van der Waals surface area (Å²) < 4.78 is 38.8. The van der Waals surface area contributed by atoms with Gasteiger partial charge in [0, 0.05) is 6.04 Å². The van der Waals surface area contributed by atoms with Gasteiger partial charge in [-0.05, 0) is 42.2 Å². The summed E-state index contributed by atoms with van der Waals surface area (Å²) in [6.45, 7) is 1.54. The molecule has 1 saturated heterocycles. The molecule has 1 nitrogen and oxygen atoms in total. The van der Waals surface area contributed by atoms with Gasteiger partial charge in [-0.3, -0.25) is 0 Å². The highest BCUT2D eigenvalue weighted by molar-refractivity contribution is 9.10. The van der Waals surface area contributed by atoms with Crippen LogP contribution in [0.15, 0.2) is 0 Å². The second-order valence-electron chi connectivity index (χ2n) is 3.22. The molecular weight excluding hydrogens is 235 g/mol. The van der Waals surface area contributed by atoms with E-state index in [0.29, 0.717) is 13.0 Å². The van der Waals surface area contributed by atoms with Crippen LogP contribution in [0.2, 0.25) is 0 Å². The highest BCUT2D eigenvalue weighted by Crippen LogP contribution is 2.42. The molecule has 0 amide bonds. The third kappa shape index (κ3) is 1.76. The Labute approximate surface area is 77.8 Å². The number of rotatable bonds is 2. The predicted octanol–water partition coefficient (Wildman–Crippen LogP) is 2.45. The molecule has 0 aromatic heterocycles. The molecule has 1 heterocycles. The fraction of sp³-hybridized carbons (Fsp3) is 1.00. The molecule has 2 atom stereocenters. The van der Waals surface area contributed by atoms with Crippen molar-refractivity contribution in [2.45, 2.75) is 36.3 Å². The smallest absolute Gasteiger partial charge is 0.311 e. The second kappa shape index (κ2) is 3.18. The molecule has 1 aliphatic heterocycles. The van der Waals surface area contributed by atoms with Crippen LogP contribution in [0, 0.1) is 0 Å². The largest absolute Gasteiger partial charge is 0.335 e. The predicted molar refractivity (Wildman–Crippen MR) is 44.4 cm³/mol. The fourth-order valence-electron chi connectivity index (χ4n) is 1.34. The maximum Gasteiger partial charge on any atom is 0.335 e. The highest BCUT2D eigenvalue weighted by atomic mass is 79.9. The van der Waals surface area contributed by atoms with Gasteiger partial charge in [0.15, 0.2) is 5.67 Å². The Hall–Kier alpha value is 0.230. The van der Waals surface area contributed by atoms with Crippen molar-refractivity contribution in [2.75, 3.05) is 6.54 Å². The second-order valence-corrected chi connectivity index (χ2v) is 4.22. The van der Waals surface area contributed by atoms with Gasteiger partial charge in [-0.2, -0.15) is 8.78 Å². The van der Waals surface area contributed by atoms with E-state index < -0.39 is 16.5 Å². The Kier molecular flexibility index (Phi) is 2.73. The van der Waals surface area contributed by atoms with Crippen molar-refractivity contribution in [3.63, 3.8) is 0 Å². The summed E-state index contributed by atoms with van der Waals surface area (Å²) in [4.78, 5) is -3.46. The van der Waals surface area contributed by atoms with Crippen LogP contribution in [0.4, 0.5) is 13.2 Å². The minimum Gasteiger partial charge on any atom is -0.311 e. The first kappa shape index (κ1) is 10.3. The number of hydrogen-bond donors (Lipinski definition) is 1. The van der Waals surface area contributed by atoms with Crippen LogP contribution in [-0.4, -0.2) is 23.1 Å². The van der Waals surface area contributed by atoms with E-state index in [1.807, 2.05) is 0 Å². The van der Waals surface area contributed by atoms with Crippen LogP contribution in [0.25, 0.3) is 0 Å². The SMILES string of the molecule is CC(F)(C1CCCN1)C(F)(F)Br. The van der Waals surface area contributed by atoms with Crippen molar-refractivity contribution in [3.05, 3.63) is 0 Å². The van der Waals surface area contributed by atoms with Gasteiger partial charge in [-0.15, -0.1) is 0 Å². The molecule has 1 fully saturated rings. The normalized spacial score (nSPS) is 30.2. The van der Waals surface area contributed by atoms with Crippen molar-refractivity contribution in [1.29, 1.82) is 0 Å². The van der Waals surface area contributed by atoms with E-state index in [4.69, 9.17) is 0 Å². The van der Waals surface area contributed by atoms with Crippen molar-refractivity contribution in [2.24, 2.45) is 0 Å². The Balaban J connectivity index is 2.69. The zero-order chi connectivity index (χ0) is 9.41. The Bertz CT molecular complexity index is 161. The molecule has 0 saturated carbocycles. The van der Waals surface area contributed by atoms with Gasteiger partial charge in [0.1, 0.15) is 0 Å². The van der Waals surface area contributed by atoms with Gasteiger partial charge in [-0.1, -0.05) is 0 Å². The van der Waals surface area contributed by atoms with E-state index in [2.05, 4.69) is 21.2 Å². The third-order valence-electron chi connectivity index (χ3n) is 2.27. The van der Waals surface area contributed by atoms with Crippen molar-refractivity contribution < 1.29 is 13.2 Å². The zero-order valence-electron chi connectivity index (χ0n) is 6.71. The van der Waals surface area contributed by atoms with Crippen LogP contribution < -0.4 is 5.32 Å². The molecule has 5 heteroatoms. The molecule has 12 heavy (non-hydrogen) atoms. The first-order chi connectivity index (χ1) is 5.36. The van der Waals surface area contributed by atoms with Gasteiger partial charge in [0.25, 0.3) is 0 Å². The van der Waals surface area contributed by atoms with Gasteiger partial charge in [0.2, 0.25) is 0 Å². The molecule has 0 aromatic rings. The van der Waals surface area contributed by atoms with E-state index in [0.717, 1.165) is 13.3 Å². The quantitative estimate of drug-likeness (QED) is 0.738. The summed E-state index contributed by atoms with van der Waals surface area (Å²) in [6, 6.07) is -0.744. The van der Waals surface area contributed by atoms with Crippen LogP contribution in [0.5, 0.6) is 0 Å². The fourth-order valence-corrected chi connectivity index (χ4v) is 1.62. The number of halogens is 4. The summed E-state index contributed by atoms with van der Waals surface area (Å²) >= 11 is 2.06. The van der Waals surface area contributed by atoms with Gasteiger partial charge in [0.05, 0.1) is 0 Å². The summed E-state index contributed by atoms with van der Waals surface area (Å²) in [5, 5.41) is 2.72. The van der Waals surface area contributed by atoms with Gasteiger partial charge in [-0.25, -0.2) is 4.39 Å².